The van der Waals surface area contributed by atoms with Gasteiger partial charge in [0.25, 0.3) is 11.5 Å². The normalized spacial score (nSPS) is 13.8. The zero-order valence-corrected chi connectivity index (χ0v) is 11.4. The van der Waals surface area contributed by atoms with Crippen LogP contribution in [0.5, 0.6) is 0 Å². The minimum Gasteiger partial charge on any atom is -0.618 e. The maximum Gasteiger partial charge on any atom is 0.273 e. The molecule has 0 radical (unpaired) electrons. The smallest absolute Gasteiger partial charge is 0.273 e. The van der Waals surface area contributed by atoms with Gasteiger partial charge in [0, 0.05) is 10.5 Å². The fraction of sp³-hybridized carbons (Fsp3) is 0. The first-order valence-electron chi connectivity index (χ1n) is 5.63. The first-order valence-corrected chi connectivity index (χ1v) is 6.42. The number of carbonyl (C=O) groups is 1. The minimum atomic E-state index is -1.10. The van der Waals surface area contributed by atoms with E-state index >= 15 is 0 Å². The Labute approximate surface area is 120 Å². The third kappa shape index (κ3) is 1.84. The number of ketones is 1. The molecule has 1 aliphatic heterocycles. The maximum atomic E-state index is 13.3. The summed E-state index contributed by atoms with van der Waals surface area (Å²) >= 11 is 3.21. The van der Waals surface area contributed by atoms with Crippen molar-refractivity contribution in [1.82, 2.24) is 0 Å². The van der Waals surface area contributed by atoms with Crippen LogP contribution < -0.4 is 0 Å². The molecule has 0 saturated carbocycles. The summed E-state index contributed by atoms with van der Waals surface area (Å²) in [4.78, 5) is 12.2. The van der Waals surface area contributed by atoms with E-state index in [-0.39, 0.29) is 22.5 Å². The van der Waals surface area contributed by atoms with Crippen LogP contribution in [0.15, 0.2) is 40.9 Å². The molecule has 0 aromatic heterocycles. The Balaban J connectivity index is 2.20. The largest absolute Gasteiger partial charge is 0.618 e. The molecule has 0 aliphatic carbocycles. The molecule has 3 nitrogen and oxygen atoms in total. The van der Waals surface area contributed by atoms with Gasteiger partial charge in [0.15, 0.2) is 11.6 Å². The summed E-state index contributed by atoms with van der Waals surface area (Å²) in [7, 11) is 0. The van der Waals surface area contributed by atoms with Crippen LogP contribution in [0.1, 0.15) is 15.9 Å². The van der Waals surface area contributed by atoms with Gasteiger partial charge in [0.2, 0.25) is 5.69 Å². The molecular formula is C14H6BrF2NO2. The molecule has 1 heterocycles. The van der Waals surface area contributed by atoms with E-state index in [1.807, 2.05) is 0 Å². The Kier molecular flexibility index (Phi) is 2.90. The summed E-state index contributed by atoms with van der Waals surface area (Å²) in [5.41, 5.74) is 0.264. The number of benzene rings is 2. The second-order valence-corrected chi connectivity index (χ2v) is 5.18. The summed E-state index contributed by atoms with van der Waals surface area (Å²) in [6.07, 6.45) is 0. The highest BCUT2D eigenvalue weighted by Crippen LogP contribution is 2.31. The van der Waals surface area contributed by atoms with E-state index in [1.54, 1.807) is 6.07 Å². The van der Waals surface area contributed by atoms with E-state index < -0.39 is 17.4 Å². The molecule has 2 aromatic rings. The standard InChI is InChI=1S/C14H6BrF2NO2/c15-8-2-3-9-12(6-8)18(20)13(14(9)19)7-1-4-10(16)11(17)5-7/h1-6H. The Bertz CT molecular complexity index is 787. The SMILES string of the molecule is O=C1C(c2ccc(F)c(F)c2)=[N+]([O-])c2cc(Br)ccc21. The van der Waals surface area contributed by atoms with Crippen LogP contribution in [-0.4, -0.2) is 16.2 Å². The first-order chi connectivity index (χ1) is 9.49. The fourth-order valence-corrected chi connectivity index (χ4v) is 2.45. The molecule has 0 saturated heterocycles. The number of Topliss-reactive ketones (excluding diaryl/α,β-unsaturated/α-hetero) is 1. The van der Waals surface area contributed by atoms with E-state index in [0.717, 1.165) is 12.1 Å². The van der Waals surface area contributed by atoms with Gasteiger partial charge >= 0.3 is 0 Å². The third-order valence-electron chi connectivity index (χ3n) is 3.03. The molecule has 1 aliphatic rings. The number of fused-ring (bicyclic) bond motifs is 1. The molecule has 100 valence electrons. The van der Waals surface area contributed by atoms with E-state index in [0.29, 0.717) is 9.21 Å². The highest BCUT2D eigenvalue weighted by Gasteiger charge is 2.36. The lowest BCUT2D eigenvalue weighted by molar-refractivity contribution is -0.355. The molecular weight excluding hydrogens is 332 g/mol. The van der Waals surface area contributed by atoms with Crippen molar-refractivity contribution in [2.24, 2.45) is 0 Å². The van der Waals surface area contributed by atoms with E-state index in [9.17, 15) is 18.8 Å². The summed E-state index contributed by atoms with van der Waals surface area (Å²) < 4.78 is 27.3. The van der Waals surface area contributed by atoms with Gasteiger partial charge in [0.1, 0.15) is 5.56 Å². The van der Waals surface area contributed by atoms with Crippen molar-refractivity contribution in [3.8, 4) is 0 Å². The number of carbonyl (C=O) groups excluding carboxylic acids is 1. The Hall–Kier alpha value is -2.08. The lowest BCUT2D eigenvalue weighted by Gasteiger charge is -2.02. The van der Waals surface area contributed by atoms with E-state index in [2.05, 4.69) is 15.9 Å². The predicted octanol–water partition coefficient (Wildman–Crippen LogP) is 3.55. The summed E-state index contributed by atoms with van der Waals surface area (Å²) in [6.45, 7) is 0. The number of halogens is 3. The molecule has 0 atom stereocenters. The highest BCUT2D eigenvalue weighted by atomic mass is 79.9. The zero-order chi connectivity index (χ0) is 14.4. The number of hydrogen-bond donors (Lipinski definition) is 0. The van der Waals surface area contributed by atoms with Crippen molar-refractivity contribution in [3.63, 3.8) is 0 Å². The van der Waals surface area contributed by atoms with Crippen LogP contribution in [0.4, 0.5) is 14.5 Å². The quantitative estimate of drug-likeness (QED) is 0.590. The van der Waals surface area contributed by atoms with Crippen molar-refractivity contribution >= 4 is 33.1 Å². The number of rotatable bonds is 1. The second kappa shape index (κ2) is 4.49. The van der Waals surface area contributed by atoms with Gasteiger partial charge in [-0.25, -0.2) is 8.78 Å². The van der Waals surface area contributed by atoms with Crippen LogP contribution in [0.2, 0.25) is 0 Å². The van der Waals surface area contributed by atoms with Gasteiger partial charge in [-0.3, -0.25) is 4.79 Å². The monoisotopic (exact) mass is 337 g/mol. The van der Waals surface area contributed by atoms with Gasteiger partial charge in [-0.05, 0) is 30.3 Å². The molecule has 2 aromatic carbocycles. The van der Waals surface area contributed by atoms with Crippen molar-refractivity contribution in [2.45, 2.75) is 0 Å². The average molecular weight is 338 g/mol. The lowest BCUT2D eigenvalue weighted by Crippen LogP contribution is -2.17. The molecule has 20 heavy (non-hydrogen) atoms. The van der Waals surface area contributed by atoms with Gasteiger partial charge in [-0.15, -0.1) is 0 Å². The average Bonchev–Trinajstić information content (AvgIpc) is 2.65. The maximum absolute atomic E-state index is 13.3. The zero-order valence-electron chi connectivity index (χ0n) is 9.86. The van der Waals surface area contributed by atoms with Crippen molar-refractivity contribution < 1.29 is 18.3 Å². The predicted molar refractivity (Wildman–Crippen MR) is 72.2 cm³/mol. The highest BCUT2D eigenvalue weighted by molar-refractivity contribution is 9.10. The summed E-state index contributed by atoms with van der Waals surface area (Å²) in [6, 6.07) is 7.59. The summed E-state index contributed by atoms with van der Waals surface area (Å²) in [5, 5.41) is 12.2. The minimum absolute atomic E-state index is 0.0521. The van der Waals surface area contributed by atoms with Crippen LogP contribution in [0.25, 0.3) is 0 Å². The molecule has 0 amide bonds. The number of nitrogens with zero attached hydrogens (tertiary/aromatic N) is 1. The molecule has 0 bridgehead atoms. The second-order valence-electron chi connectivity index (χ2n) is 4.26. The Morgan fingerprint density at radius 3 is 2.50 bits per heavy atom. The lowest BCUT2D eigenvalue weighted by atomic mass is 10.0. The number of hydrogen-bond acceptors (Lipinski definition) is 2. The Morgan fingerprint density at radius 2 is 1.80 bits per heavy atom. The van der Waals surface area contributed by atoms with Gasteiger partial charge in [-0.1, -0.05) is 15.9 Å². The van der Waals surface area contributed by atoms with Gasteiger partial charge in [0.05, 0.1) is 5.56 Å². The van der Waals surface area contributed by atoms with Gasteiger partial charge < -0.3 is 5.21 Å². The molecule has 0 N–H and O–H groups in total. The van der Waals surface area contributed by atoms with Crippen molar-refractivity contribution in [3.05, 3.63) is 68.8 Å². The fourth-order valence-electron chi connectivity index (χ4n) is 2.10. The molecule has 0 spiro atoms. The molecule has 0 fully saturated rings. The van der Waals surface area contributed by atoms with Crippen LogP contribution >= 0.6 is 15.9 Å². The van der Waals surface area contributed by atoms with Crippen molar-refractivity contribution in [1.29, 1.82) is 0 Å². The molecule has 6 heteroatoms. The van der Waals surface area contributed by atoms with Crippen LogP contribution in [0.3, 0.4) is 0 Å². The van der Waals surface area contributed by atoms with E-state index in [4.69, 9.17) is 0 Å². The molecule has 3 rings (SSSR count). The molecule has 0 unspecified atom stereocenters. The first kappa shape index (κ1) is 12.9. The third-order valence-corrected chi connectivity index (χ3v) is 3.53. The Morgan fingerprint density at radius 1 is 1.05 bits per heavy atom. The van der Waals surface area contributed by atoms with Crippen molar-refractivity contribution in [2.75, 3.05) is 0 Å². The summed E-state index contributed by atoms with van der Waals surface area (Å²) in [5.74, 6) is -2.64. The van der Waals surface area contributed by atoms with Crippen LogP contribution in [-0.2, 0) is 0 Å². The topological polar surface area (TPSA) is 43.1 Å². The van der Waals surface area contributed by atoms with E-state index in [1.165, 1.54) is 18.2 Å². The van der Waals surface area contributed by atoms with Gasteiger partial charge in [-0.2, -0.15) is 4.74 Å². The van der Waals surface area contributed by atoms with Crippen LogP contribution in [0, 0.1) is 16.8 Å².